The van der Waals surface area contributed by atoms with Crippen molar-refractivity contribution in [1.82, 2.24) is 20.5 Å². The van der Waals surface area contributed by atoms with Crippen LogP contribution in [-0.4, -0.2) is 74.9 Å². The second-order valence-corrected chi connectivity index (χ2v) is 6.85. The number of ether oxygens (including phenoxy) is 2. The Morgan fingerprint density at radius 3 is 2.81 bits per heavy atom. The number of hydrogen-bond acceptors (Lipinski definition) is 5. The van der Waals surface area contributed by atoms with Crippen LogP contribution in [0, 0.1) is 5.92 Å². The first-order valence-electron chi connectivity index (χ1n) is 9.48. The van der Waals surface area contributed by atoms with Crippen molar-refractivity contribution in [1.29, 1.82) is 0 Å². The van der Waals surface area contributed by atoms with Gasteiger partial charge in [-0.2, -0.15) is 0 Å². The van der Waals surface area contributed by atoms with Crippen LogP contribution in [0.5, 0.6) is 5.75 Å². The predicted molar refractivity (Wildman–Crippen MR) is 105 cm³/mol. The van der Waals surface area contributed by atoms with Gasteiger partial charge in [0.2, 0.25) is 0 Å². The van der Waals surface area contributed by atoms with Crippen molar-refractivity contribution < 1.29 is 9.47 Å². The third-order valence-electron chi connectivity index (χ3n) is 4.33. The van der Waals surface area contributed by atoms with Gasteiger partial charge in [-0.1, -0.05) is 13.8 Å². The van der Waals surface area contributed by atoms with Crippen molar-refractivity contribution >= 4 is 5.96 Å². The zero-order valence-corrected chi connectivity index (χ0v) is 16.3. The summed E-state index contributed by atoms with van der Waals surface area (Å²) in [5, 5.41) is 6.76. The molecule has 1 aromatic heterocycles. The quantitative estimate of drug-likeness (QED) is 0.392. The van der Waals surface area contributed by atoms with Gasteiger partial charge in [-0.3, -0.25) is 14.9 Å². The molecule has 0 amide bonds. The molecule has 1 aliphatic heterocycles. The average Bonchev–Trinajstić information content (AvgIpc) is 2.67. The van der Waals surface area contributed by atoms with E-state index in [4.69, 9.17) is 9.47 Å². The Morgan fingerprint density at radius 1 is 1.35 bits per heavy atom. The minimum Gasteiger partial charge on any atom is -0.490 e. The maximum absolute atomic E-state index is 5.64. The molecule has 2 N–H and O–H groups in total. The van der Waals surface area contributed by atoms with Crippen LogP contribution < -0.4 is 15.4 Å². The lowest BCUT2D eigenvalue weighted by Crippen LogP contribution is -2.51. The summed E-state index contributed by atoms with van der Waals surface area (Å²) in [6.07, 6.45) is 4.61. The van der Waals surface area contributed by atoms with Crippen molar-refractivity contribution in [3.63, 3.8) is 0 Å². The summed E-state index contributed by atoms with van der Waals surface area (Å²) >= 11 is 0. The van der Waals surface area contributed by atoms with Gasteiger partial charge in [0.15, 0.2) is 5.96 Å². The summed E-state index contributed by atoms with van der Waals surface area (Å²) in [6, 6.07) is 4.26. The van der Waals surface area contributed by atoms with Crippen LogP contribution in [0.4, 0.5) is 0 Å². The number of rotatable bonds is 9. The minimum atomic E-state index is 0.490. The van der Waals surface area contributed by atoms with E-state index in [0.717, 1.165) is 51.0 Å². The van der Waals surface area contributed by atoms with Gasteiger partial charge in [-0.15, -0.1) is 0 Å². The molecule has 2 rings (SSSR count). The van der Waals surface area contributed by atoms with Gasteiger partial charge in [0.05, 0.1) is 26.0 Å². The Balaban J connectivity index is 1.72. The first kappa shape index (κ1) is 20.5. The third kappa shape index (κ3) is 7.58. The molecule has 0 saturated carbocycles. The van der Waals surface area contributed by atoms with Crippen molar-refractivity contribution in [3.05, 3.63) is 24.5 Å². The number of guanidine groups is 1. The van der Waals surface area contributed by atoms with Crippen molar-refractivity contribution in [3.8, 4) is 5.75 Å². The summed E-state index contributed by atoms with van der Waals surface area (Å²) in [6.45, 7) is 10.3. The second kappa shape index (κ2) is 11.7. The summed E-state index contributed by atoms with van der Waals surface area (Å²) in [7, 11) is 1.80. The lowest BCUT2D eigenvalue weighted by atomic mass is 10.0. The predicted octanol–water partition coefficient (Wildman–Crippen LogP) is 1.37. The Labute approximate surface area is 157 Å². The maximum Gasteiger partial charge on any atom is 0.191 e. The fourth-order valence-corrected chi connectivity index (χ4v) is 3.05. The highest BCUT2D eigenvalue weighted by atomic mass is 16.5. The Morgan fingerprint density at radius 2 is 2.15 bits per heavy atom. The second-order valence-electron chi connectivity index (χ2n) is 6.85. The normalized spacial score (nSPS) is 17.2. The van der Waals surface area contributed by atoms with Crippen LogP contribution in [0.3, 0.4) is 0 Å². The lowest BCUT2D eigenvalue weighted by molar-refractivity contribution is 0.0132. The van der Waals surface area contributed by atoms with E-state index in [1.807, 2.05) is 12.1 Å². The summed E-state index contributed by atoms with van der Waals surface area (Å²) < 4.78 is 11.1. The van der Waals surface area contributed by atoms with E-state index in [9.17, 15) is 0 Å². The van der Waals surface area contributed by atoms with Crippen LogP contribution >= 0.6 is 0 Å². The smallest absolute Gasteiger partial charge is 0.191 e. The van der Waals surface area contributed by atoms with Gasteiger partial charge < -0.3 is 20.1 Å². The average molecular weight is 364 g/mol. The number of aromatic nitrogens is 1. The Hall–Kier alpha value is -1.86. The van der Waals surface area contributed by atoms with Crippen molar-refractivity contribution in [2.75, 3.05) is 53.0 Å². The number of morpholine rings is 1. The number of pyridine rings is 1. The molecule has 146 valence electrons. The van der Waals surface area contributed by atoms with E-state index >= 15 is 0 Å². The molecule has 26 heavy (non-hydrogen) atoms. The van der Waals surface area contributed by atoms with Crippen molar-refractivity contribution in [2.24, 2.45) is 10.9 Å². The summed E-state index contributed by atoms with van der Waals surface area (Å²) in [5.74, 6) is 2.25. The molecule has 0 spiro atoms. The molecule has 1 aromatic rings. The number of hydrogen-bond donors (Lipinski definition) is 2. The van der Waals surface area contributed by atoms with Gasteiger partial charge in [0.25, 0.3) is 0 Å². The van der Waals surface area contributed by atoms with Gasteiger partial charge in [-0.05, 0) is 24.5 Å². The number of nitrogens with one attached hydrogen (secondary N) is 2. The molecule has 1 fully saturated rings. The van der Waals surface area contributed by atoms with E-state index in [-0.39, 0.29) is 0 Å². The Kier molecular flexibility index (Phi) is 9.20. The van der Waals surface area contributed by atoms with Gasteiger partial charge in [0, 0.05) is 38.9 Å². The summed E-state index contributed by atoms with van der Waals surface area (Å²) in [5.41, 5.74) is 0. The molecule has 0 aliphatic carbocycles. The van der Waals surface area contributed by atoms with Gasteiger partial charge in [-0.25, -0.2) is 0 Å². The maximum atomic E-state index is 5.64. The fraction of sp³-hybridized carbons (Fsp3) is 0.684. The van der Waals surface area contributed by atoms with E-state index in [2.05, 4.69) is 39.4 Å². The first-order valence-corrected chi connectivity index (χ1v) is 9.48. The topological polar surface area (TPSA) is 71.0 Å². The standard InChI is InChI=1S/C19H33N5O2/c1-16(2)13-17(24-8-11-25-12-9-24)14-23-19(20-3)22-7-10-26-18-5-4-6-21-15-18/h4-6,15-17H,7-14H2,1-3H3,(H2,20,22,23). The molecule has 1 aliphatic rings. The van der Waals surface area contributed by atoms with Gasteiger partial charge in [0.1, 0.15) is 12.4 Å². The highest BCUT2D eigenvalue weighted by molar-refractivity contribution is 5.79. The molecule has 1 saturated heterocycles. The largest absolute Gasteiger partial charge is 0.490 e. The van der Waals surface area contributed by atoms with Crippen molar-refractivity contribution in [2.45, 2.75) is 26.3 Å². The highest BCUT2D eigenvalue weighted by Gasteiger charge is 2.22. The van der Waals surface area contributed by atoms with Crippen LogP contribution in [0.15, 0.2) is 29.5 Å². The summed E-state index contributed by atoms with van der Waals surface area (Å²) in [4.78, 5) is 10.9. The minimum absolute atomic E-state index is 0.490. The van der Waals surface area contributed by atoms with E-state index in [1.165, 1.54) is 0 Å². The zero-order valence-electron chi connectivity index (χ0n) is 16.3. The molecule has 7 nitrogen and oxygen atoms in total. The molecule has 2 heterocycles. The van der Waals surface area contributed by atoms with Crippen LogP contribution in [0.25, 0.3) is 0 Å². The van der Waals surface area contributed by atoms with E-state index in [1.54, 1.807) is 19.4 Å². The first-order chi connectivity index (χ1) is 12.7. The molecule has 1 atom stereocenters. The SMILES string of the molecule is CN=C(NCCOc1cccnc1)NCC(CC(C)C)N1CCOCC1. The van der Waals surface area contributed by atoms with Crippen LogP contribution in [-0.2, 0) is 4.74 Å². The molecular weight excluding hydrogens is 330 g/mol. The molecule has 0 radical (unpaired) electrons. The third-order valence-corrected chi connectivity index (χ3v) is 4.33. The number of nitrogens with zero attached hydrogens (tertiary/aromatic N) is 3. The number of aliphatic imine (C=N–C) groups is 1. The highest BCUT2D eigenvalue weighted by Crippen LogP contribution is 2.13. The van der Waals surface area contributed by atoms with E-state index in [0.29, 0.717) is 25.1 Å². The lowest BCUT2D eigenvalue weighted by Gasteiger charge is -2.35. The molecule has 0 aromatic carbocycles. The molecule has 1 unspecified atom stereocenters. The molecular formula is C19H33N5O2. The van der Waals surface area contributed by atoms with Crippen LogP contribution in [0.2, 0.25) is 0 Å². The van der Waals surface area contributed by atoms with Gasteiger partial charge >= 0.3 is 0 Å². The molecule has 7 heteroatoms. The Bertz CT molecular complexity index is 518. The fourth-order valence-electron chi connectivity index (χ4n) is 3.05. The molecule has 0 bridgehead atoms. The van der Waals surface area contributed by atoms with Crippen LogP contribution in [0.1, 0.15) is 20.3 Å². The van der Waals surface area contributed by atoms with E-state index < -0.39 is 0 Å². The monoisotopic (exact) mass is 363 g/mol. The zero-order chi connectivity index (χ0) is 18.6.